The summed E-state index contributed by atoms with van der Waals surface area (Å²) in [7, 11) is 0. The first kappa shape index (κ1) is 8.55. The van der Waals surface area contributed by atoms with Gasteiger partial charge in [0.25, 0.3) is 0 Å². The van der Waals surface area contributed by atoms with E-state index < -0.39 is 5.91 Å². The first-order valence-electron chi connectivity index (χ1n) is 3.53. The van der Waals surface area contributed by atoms with E-state index in [1.807, 2.05) is 0 Å². The SMILES string of the molecule is NCc1cc(N)cc(C(N)=O)c1. The van der Waals surface area contributed by atoms with Gasteiger partial charge >= 0.3 is 0 Å². The zero-order valence-electron chi connectivity index (χ0n) is 6.58. The van der Waals surface area contributed by atoms with Crippen LogP contribution >= 0.6 is 0 Å². The minimum Gasteiger partial charge on any atom is -0.399 e. The molecule has 1 aromatic carbocycles. The van der Waals surface area contributed by atoms with Gasteiger partial charge in [-0.1, -0.05) is 0 Å². The summed E-state index contributed by atoms with van der Waals surface area (Å²) in [6, 6.07) is 4.88. The van der Waals surface area contributed by atoms with Gasteiger partial charge in [0.1, 0.15) is 0 Å². The van der Waals surface area contributed by atoms with Gasteiger partial charge in [0.15, 0.2) is 0 Å². The lowest BCUT2D eigenvalue weighted by atomic mass is 10.1. The average molecular weight is 165 g/mol. The standard InChI is InChI=1S/C8H11N3O/c9-4-5-1-6(8(11)12)3-7(10)2-5/h1-3H,4,9-10H2,(H2,11,12). The van der Waals surface area contributed by atoms with Crippen LogP contribution in [0.3, 0.4) is 0 Å². The molecule has 12 heavy (non-hydrogen) atoms. The molecular formula is C8H11N3O. The van der Waals surface area contributed by atoms with Crippen molar-refractivity contribution in [3.8, 4) is 0 Å². The van der Waals surface area contributed by atoms with Crippen molar-refractivity contribution < 1.29 is 4.79 Å². The number of nitrogens with two attached hydrogens (primary N) is 3. The van der Waals surface area contributed by atoms with Crippen LogP contribution < -0.4 is 17.2 Å². The van der Waals surface area contributed by atoms with E-state index in [9.17, 15) is 4.79 Å². The molecule has 0 heterocycles. The van der Waals surface area contributed by atoms with Crippen molar-refractivity contribution in [1.29, 1.82) is 0 Å². The molecule has 64 valence electrons. The normalized spacial score (nSPS) is 9.75. The van der Waals surface area contributed by atoms with Crippen LogP contribution in [0, 0.1) is 0 Å². The van der Waals surface area contributed by atoms with Crippen LogP contribution in [0.1, 0.15) is 15.9 Å². The first-order chi connectivity index (χ1) is 5.63. The Kier molecular flexibility index (Phi) is 2.30. The molecule has 1 aromatic rings. The van der Waals surface area contributed by atoms with Gasteiger partial charge in [-0.25, -0.2) is 0 Å². The van der Waals surface area contributed by atoms with Crippen LogP contribution in [0.15, 0.2) is 18.2 Å². The lowest BCUT2D eigenvalue weighted by molar-refractivity contribution is 0.1000. The number of amides is 1. The molecule has 4 heteroatoms. The summed E-state index contributed by atoms with van der Waals surface area (Å²) >= 11 is 0. The van der Waals surface area contributed by atoms with E-state index in [1.54, 1.807) is 12.1 Å². The van der Waals surface area contributed by atoms with Crippen LogP contribution in [0.25, 0.3) is 0 Å². The fraction of sp³-hybridized carbons (Fsp3) is 0.125. The van der Waals surface area contributed by atoms with E-state index in [0.717, 1.165) is 5.56 Å². The molecule has 0 saturated heterocycles. The second kappa shape index (κ2) is 3.23. The topological polar surface area (TPSA) is 95.1 Å². The fourth-order valence-corrected chi connectivity index (χ4v) is 0.978. The number of hydrogen-bond donors (Lipinski definition) is 3. The van der Waals surface area contributed by atoms with Gasteiger partial charge < -0.3 is 17.2 Å². The number of anilines is 1. The lowest BCUT2D eigenvalue weighted by Gasteiger charge is -2.01. The minimum atomic E-state index is -0.489. The van der Waals surface area contributed by atoms with E-state index in [1.165, 1.54) is 6.07 Å². The van der Waals surface area contributed by atoms with Gasteiger partial charge in [0.2, 0.25) is 5.91 Å². The Bertz CT molecular complexity index is 309. The summed E-state index contributed by atoms with van der Waals surface area (Å²) < 4.78 is 0. The lowest BCUT2D eigenvalue weighted by Crippen LogP contribution is -2.12. The van der Waals surface area contributed by atoms with Gasteiger partial charge in [-0.15, -0.1) is 0 Å². The summed E-state index contributed by atoms with van der Waals surface area (Å²) in [6.07, 6.45) is 0. The molecular weight excluding hydrogens is 154 g/mol. The maximum absolute atomic E-state index is 10.7. The average Bonchev–Trinajstić information content (AvgIpc) is 2.03. The molecule has 0 fully saturated rings. The number of hydrogen-bond acceptors (Lipinski definition) is 3. The van der Waals surface area contributed by atoms with E-state index in [4.69, 9.17) is 17.2 Å². The number of nitrogen functional groups attached to an aromatic ring is 1. The maximum Gasteiger partial charge on any atom is 0.248 e. The van der Waals surface area contributed by atoms with Crippen LogP contribution in [0.2, 0.25) is 0 Å². The highest BCUT2D eigenvalue weighted by Crippen LogP contribution is 2.10. The monoisotopic (exact) mass is 165 g/mol. The molecule has 0 aliphatic rings. The molecule has 0 bridgehead atoms. The molecule has 0 unspecified atom stereocenters. The quantitative estimate of drug-likeness (QED) is 0.531. The van der Waals surface area contributed by atoms with Crippen molar-refractivity contribution in [3.05, 3.63) is 29.3 Å². The van der Waals surface area contributed by atoms with Crippen molar-refractivity contribution in [2.24, 2.45) is 11.5 Å². The van der Waals surface area contributed by atoms with Gasteiger partial charge in [-0.05, 0) is 23.8 Å². The molecule has 0 atom stereocenters. The molecule has 1 amide bonds. The highest BCUT2D eigenvalue weighted by atomic mass is 16.1. The largest absolute Gasteiger partial charge is 0.399 e. The number of carbonyl (C=O) groups is 1. The molecule has 1 rings (SSSR count). The van der Waals surface area contributed by atoms with Gasteiger partial charge in [0, 0.05) is 17.8 Å². The zero-order chi connectivity index (χ0) is 9.14. The minimum absolute atomic E-state index is 0.352. The third-order valence-corrected chi connectivity index (χ3v) is 1.54. The van der Waals surface area contributed by atoms with E-state index in [0.29, 0.717) is 17.8 Å². The molecule has 0 saturated carbocycles. The molecule has 0 aliphatic heterocycles. The van der Waals surface area contributed by atoms with Crippen LogP contribution in [-0.2, 0) is 6.54 Å². The highest BCUT2D eigenvalue weighted by molar-refractivity contribution is 5.93. The Balaban J connectivity index is 3.15. The third kappa shape index (κ3) is 1.73. The number of benzene rings is 1. The van der Waals surface area contributed by atoms with Gasteiger partial charge in [-0.3, -0.25) is 4.79 Å². The first-order valence-corrected chi connectivity index (χ1v) is 3.53. The van der Waals surface area contributed by atoms with E-state index in [2.05, 4.69) is 0 Å². The molecule has 4 nitrogen and oxygen atoms in total. The fourth-order valence-electron chi connectivity index (χ4n) is 0.978. The van der Waals surface area contributed by atoms with Crippen molar-refractivity contribution in [2.45, 2.75) is 6.54 Å². The summed E-state index contributed by atoms with van der Waals surface area (Å²) in [5.41, 5.74) is 17.7. The maximum atomic E-state index is 10.7. The number of primary amides is 1. The van der Waals surface area contributed by atoms with Crippen molar-refractivity contribution in [2.75, 3.05) is 5.73 Å². The van der Waals surface area contributed by atoms with E-state index >= 15 is 0 Å². The molecule has 0 spiro atoms. The number of carbonyl (C=O) groups excluding carboxylic acids is 1. The molecule has 6 N–H and O–H groups in total. The Morgan fingerprint density at radius 2 is 2.00 bits per heavy atom. The summed E-state index contributed by atoms with van der Waals surface area (Å²) in [5.74, 6) is -0.489. The number of rotatable bonds is 2. The predicted molar refractivity (Wildman–Crippen MR) is 47.3 cm³/mol. The van der Waals surface area contributed by atoms with Crippen molar-refractivity contribution in [1.82, 2.24) is 0 Å². The van der Waals surface area contributed by atoms with Crippen LogP contribution in [-0.4, -0.2) is 5.91 Å². The second-order valence-electron chi connectivity index (χ2n) is 2.53. The summed E-state index contributed by atoms with van der Waals surface area (Å²) in [4.78, 5) is 10.7. The molecule has 0 aromatic heterocycles. The van der Waals surface area contributed by atoms with Crippen molar-refractivity contribution >= 4 is 11.6 Å². The Hall–Kier alpha value is -1.55. The Labute approximate surface area is 70.3 Å². The van der Waals surface area contributed by atoms with Crippen LogP contribution in [0.4, 0.5) is 5.69 Å². The second-order valence-corrected chi connectivity index (χ2v) is 2.53. The smallest absolute Gasteiger partial charge is 0.248 e. The molecule has 0 aliphatic carbocycles. The highest BCUT2D eigenvalue weighted by Gasteiger charge is 2.02. The molecule has 0 radical (unpaired) electrons. The third-order valence-electron chi connectivity index (χ3n) is 1.54. The van der Waals surface area contributed by atoms with Crippen LogP contribution in [0.5, 0.6) is 0 Å². The van der Waals surface area contributed by atoms with Gasteiger partial charge in [-0.2, -0.15) is 0 Å². The zero-order valence-corrected chi connectivity index (χ0v) is 6.58. The Morgan fingerprint density at radius 1 is 1.33 bits per heavy atom. The summed E-state index contributed by atoms with van der Waals surface area (Å²) in [6.45, 7) is 0.352. The Morgan fingerprint density at radius 3 is 2.50 bits per heavy atom. The van der Waals surface area contributed by atoms with Gasteiger partial charge in [0.05, 0.1) is 0 Å². The predicted octanol–water partition coefficient (Wildman–Crippen LogP) is -0.174. The van der Waals surface area contributed by atoms with E-state index in [-0.39, 0.29) is 0 Å². The van der Waals surface area contributed by atoms with Crippen molar-refractivity contribution in [3.63, 3.8) is 0 Å². The summed E-state index contributed by atoms with van der Waals surface area (Å²) in [5, 5.41) is 0.